The summed E-state index contributed by atoms with van der Waals surface area (Å²) in [5.74, 6) is -1.99. The molecule has 2 aromatic carbocycles. The van der Waals surface area contributed by atoms with E-state index in [0.717, 1.165) is 11.1 Å². The van der Waals surface area contributed by atoms with E-state index in [9.17, 15) is 19.8 Å². The number of hydrogen-bond donors (Lipinski definition) is 2. The van der Waals surface area contributed by atoms with Gasteiger partial charge in [0, 0.05) is 6.54 Å². The van der Waals surface area contributed by atoms with Gasteiger partial charge in [0.2, 0.25) is 0 Å². The summed E-state index contributed by atoms with van der Waals surface area (Å²) in [5, 5.41) is 19.2. The van der Waals surface area contributed by atoms with Gasteiger partial charge in [0.15, 0.2) is 5.69 Å². The van der Waals surface area contributed by atoms with Crippen molar-refractivity contribution in [2.45, 2.75) is 11.6 Å². The second-order valence-corrected chi connectivity index (χ2v) is 6.38. The molecule has 0 aliphatic heterocycles. The van der Waals surface area contributed by atoms with Crippen LogP contribution in [-0.2, 0) is 6.54 Å². The molecule has 1 aromatic heterocycles. The van der Waals surface area contributed by atoms with Crippen LogP contribution in [0.3, 0.4) is 0 Å². The quantitative estimate of drug-likeness (QED) is 0.644. The number of nitrogens with zero attached hydrogens (tertiary/aromatic N) is 2. The average molecular weight is 368 g/mol. The Morgan fingerprint density at radius 2 is 1.73 bits per heavy atom. The third-order valence-corrected chi connectivity index (χ3v) is 4.66. The highest BCUT2D eigenvalue weighted by Crippen LogP contribution is 2.25. The van der Waals surface area contributed by atoms with E-state index < -0.39 is 11.9 Å². The molecule has 0 aliphatic rings. The Labute approximate surface area is 154 Å². The molecule has 0 aliphatic carbocycles. The number of aromatic carboxylic acids is 2. The molecule has 0 radical (unpaired) electrons. The normalized spacial score (nSPS) is 10.7. The molecule has 3 rings (SSSR count). The minimum atomic E-state index is -1.01. The number of aromatic nitrogens is 2. The molecule has 0 spiro atoms. The van der Waals surface area contributed by atoms with Crippen LogP contribution in [0.5, 0.6) is 0 Å². The second kappa shape index (κ2) is 7.45. The lowest BCUT2D eigenvalue weighted by molar-refractivity contribution is 0.0676. The van der Waals surface area contributed by atoms with Crippen LogP contribution in [0.25, 0.3) is 11.1 Å². The molecule has 0 fully saturated rings. The lowest BCUT2D eigenvalue weighted by Gasteiger charge is -2.09. The first-order valence-electron chi connectivity index (χ1n) is 7.75. The monoisotopic (exact) mass is 368 g/mol. The van der Waals surface area contributed by atoms with Crippen molar-refractivity contribution in [2.24, 2.45) is 0 Å². The maximum atomic E-state index is 11.5. The van der Waals surface area contributed by atoms with Crippen LogP contribution in [0.1, 0.15) is 26.4 Å². The summed E-state index contributed by atoms with van der Waals surface area (Å²) in [6, 6.07) is 14.2. The second-order valence-electron chi connectivity index (χ2n) is 5.58. The van der Waals surface area contributed by atoms with Crippen LogP contribution in [0.4, 0.5) is 0 Å². The summed E-state index contributed by atoms with van der Waals surface area (Å²) in [6.45, 7) is 0.371. The Morgan fingerprint density at radius 3 is 2.35 bits per heavy atom. The number of thioether (sulfide) groups is 1. The van der Waals surface area contributed by atoms with Gasteiger partial charge in [-0.25, -0.2) is 14.6 Å². The van der Waals surface area contributed by atoms with E-state index in [1.807, 2.05) is 24.3 Å². The van der Waals surface area contributed by atoms with Gasteiger partial charge in [-0.15, -0.1) is 11.8 Å². The summed E-state index contributed by atoms with van der Waals surface area (Å²) in [5.41, 5.74) is 2.74. The van der Waals surface area contributed by atoms with Crippen LogP contribution in [-0.4, -0.2) is 38.0 Å². The molecule has 3 aromatic rings. The summed E-state index contributed by atoms with van der Waals surface area (Å²) < 4.78 is 1.59. The summed E-state index contributed by atoms with van der Waals surface area (Å²) >= 11 is 1.29. The first-order valence-corrected chi connectivity index (χ1v) is 8.97. The van der Waals surface area contributed by atoms with Crippen LogP contribution < -0.4 is 0 Å². The zero-order valence-corrected chi connectivity index (χ0v) is 14.7. The van der Waals surface area contributed by atoms with Crippen molar-refractivity contribution >= 4 is 23.7 Å². The maximum Gasteiger partial charge on any atom is 0.355 e. The molecule has 0 atom stereocenters. The fourth-order valence-corrected chi connectivity index (χ4v) is 3.31. The predicted molar refractivity (Wildman–Crippen MR) is 98.9 cm³/mol. The number of imidazole rings is 1. The third kappa shape index (κ3) is 3.48. The number of carboxylic acid groups (broad SMARTS) is 2. The van der Waals surface area contributed by atoms with Crippen molar-refractivity contribution in [3.63, 3.8) is 0 Å². The molecular formula is C19H16N2O4S. The molecule has 132 valence electrons. The summed E-state index contributed by atoms with van der Waals surface area (Å²) in [7, 11) is 0. The lowest BCUT2D eigenvalue weighted by Crippen LogP contribution is -2.09. The topological polar surface area (TPSA) is 92.4 Å². The van der Waals surface area contributed by atoms with Gasteiger partial charge in [-0.3, -0.25) is 0 Å². The Morgan fingerprint density at radius 1 is 1.04 bits per heavy atom. The van der Waals surface area contributed by atoms with Crippen molar-refractivity contribution in [3.8, 4) is 11.1 Å². The van der Waals surface area contributed by atoms with E-state index in [4.69, 9.17) is 0 Å². The lowest BCUT2D eigenvalue weighted by atomic mass is 9.99. The minimum Gasteiger partial charge on any atom is -0.478 e. The minimum absolute atomic E-state index is 0.165. The molecule has 0 unspecified atom stereocenters. The van der Waals surface area contributed by atoms with E-state index in [0.29, 0.717) is 17.1 Å². The Bertz CT molecular complexity index is 964. The van der Waals surface area contributed by atoms with Crippen molar-refractivity contribution in [3.05, 3.63) is 71.7 Å². The van der Waals surface area contributed by atoms with Crippen molar-refractivity contribution in [1.29, 1.82) is 0 Å². The zero-order valence-electron chi connectivity index (χ0n) is 13.9. The van der Waals surface area contributed by atoms with E-state index >= 15 is 0 Å². The predicted octanol–water partition coefficient (Wildman–Crippen LogP) is 3.72. The van der Waals surface area contributed by atoms with Gasteiger partial charge in [0.1, 0.15) is 5.03 Å². The molecule has 26 heavy (non-hydrogen) atoms. The van der Waals surface area contributed by atoms with E-state index in [1.54, 1.807) is 35.1 Å². The van der Waals surface area contributed by atoms with Crippen LogP contribution in [0, 0.1) is 0 Å². The highest BCUT2D eigenvalue weighted by Gasteiger charge is 2.17. The largest absolute Gasteiger partial charge is 0.478 e. The fourth-order valence-electron chi connectivity index (χ4n) is 2.76. The number of carboxylic acids is 2. The van der Waals surface area contributed by atoms with Crippen LogP contribution in [0.15, 0.2) is 59.9 Å². The SMILES string of the molecule is CSc1ncn(Cc2ccc(-c3ccccc3C(=O)O)cc2)c1C(=O)O. The van der Waals surface area contributed by atoms with Crippen molar-refractivity contribution in [2.75, 3.05) is 6.26 Å². The average Bonchev–Trinajstić information content (AvgIpc) is 3.05. The standard InChI is InChI=1S/C19H16N2O4S/c1-26-17-16(19(24)25)21(11-20-17)10-12-6-8-13(9-7-12)14-4-2-3-5-15(14)18(22)23/h2-9,11H,10H2,1H3,(H,22,23)(H,24,25). The van der Waals surface area contributed by atoms with Gasteiger partial charge in [0.25, 0.3) is 0 Å². The van der Waals surface area contributed by atoms with Gasteiger partial charge in [-0.2, -0.15) is 0 Å². The molecule has 1 heterocycles. The van der Waals surface area contributed by atoms with Gasteiger partial charge in [-0.1, -0.05) is 42.5 Å². The number of rotatable bonds is 6. The summed E-state index contributed by atoms with van der Waals surface area (Å²) in [4.78, 5) is 27.0. The van der Waals surface area contributed by atoms with Crippen LogP contribution in [0.2, 0.25) is 0 Å². The molecular weight excluding hydrogens is 352 g/mol. The van der Waals surface area contributed by atoms with Gasteiger partial charge in [-0.05, 0) is 29.0 Å². The molecule has 6 nitrogen and oxygen atoms in total. The number of hydrogen-bond acceptors (Lipinski definition) is 4. The highest BCUT2D eigenvalue weighted by atomic mass is 32.2. The highest BCUT2D eigenvalue weighted by molar-refractivity contribution is 7.98. The summed E-state index contributed by atoms with van der Waals surface area (Å²) in [6.07, 6.45) is 3.30. The molecule has 0 amide bonds. The Kier molecular flexibility index (Phi) is 5.09. The van der Waals surface area contributed by atoms with E-state index in [1.165, 1.54) is 18.1 Å². The molecule has 0 saturated heterocycles. The molecule has 2 N–H and O–H groups in total. The maximum absolute atomic E-state index is 11.5. The van der Waals surface area contributed by atoms with Crippen molar-refractivity contribution in [1.82, 2.24) is 9.55 Å². The number of benzene rings is 2. The first-order chi connectivity index (χ1) is 12.5. The third-order valence-electron chi connectivity index (χ3n) is 3.98. The number of carbonyl (C=O) groups is 2. The first kappa shape index (κ1) is 17.8. The van der Waals surface area contributed by atoms with Crippen LogP contribution >= 0.6 is 11.8 Å². The van der Waals surface area contributed by atoms with Gasteiger partial charge >= 0.3 is 11.9 Å². The van der Waals surface area contributed by atoms with E-state index in [2.05, 4.69) is 4.98 Å². The molecule has 7 heteroatoms. The molecule has 0 saturated carbocycles. The van der Waals surface area contributed by atoms with Gasteiger partial charge < -0.3 is 14.8 Å². The fraction of sp³-hybridized carbons (Fsp3) is 0.105. The zero-order chi connectivity index (χ0) is 18.7. The smallest absolute Gasteiger partial charge is 0.355 e. The van der Waals surface area contributed by atoms with E-state index in [-0.39, 0.29) is 11.3 Å². The van der Waals surface area contributed by atoms with Crippen molar-refractivity contribution < 1.29 is 19.8 Å². The van der Waals surface area contributed by atoms with Gasteiger partial charge in [0.05, 0.1) is 11.9 Å². The Balaban J connectivity index is 1.89. The molecule has 0 bridgehead atoms. The Hall–Kier alpha value is -3.06.